The molecular formula is C17H23Cl2N3O2. The molecule has 1 aliphatic heterocycles. The molecule has 3 amide bonds. The maximum Gasteiger partial charge on any atom is 0.319 e. The highest BCUT2D eigenvalue weighted by molar-refractivity contribution is 6.42. The third kappa shape index (κ3) is 5.56. The number of likely N-dealkylation sites (tertiary alicyclic amines) is 1. The molecule has 0 bridgehead atoms. The molecule has 132 valence electrons. The van der Waals surface area contributed by atoms with Crippen LogP contribution in [0, 0.1) is 5.92 Å². The van der Waals surface area contributed by atoms with Crippen molar-refractivity contribution in [2.75, 3.05) is 18.4 Å². The summed E-state index contributed by atoms with van der Waals surface area (Å²) in [5.41, 5.74) is 0.589. The summed E-state index contributed by atoms with van der Waals surface area (Å²) in [6.45, 7) is 5.45. The molecule has 0 aliphatic carbocycles. The molecule has 1 aliphatic rings. The van der Waals surface area contributed by atoms with E-state index in [0.29, 0.717) is 41.2 Å². The monoisotopic (exact) mass is 371 g/mol. The minimum atomic E-state index is -0.277. The maximum absolute atomic E-state index is 12.1. The number of nitrogens with one attached hydrogen (secondary N) is 2. The van der Waals surface area contributed by atoms with Gasteiger partial charge in [0.25, 0.3) is 0 Å². The van der Waals surface area contributed by atoms with Crippen LogP contribution in [-0.4, -0.2) is 36.0 Å². The van der Waals surface area contributed by atoms with Gasteiger partial charge in [0.2, 0.25) is 5.91 Å². The smallest absolute Gasteiger partial charge is 0.319 e. The lowest BCUT2D eigenvalue weighted by Crippen LogP contribution is -2.47. The minimum Gasteiger partial charge on any atom is -0.343 e. The zero-order valence-corrected chi connectivity index (χ0v) is 15.5. The molecule has 0 saturated carbocycles. The molecular weight excluding hydrogens is 349 g/mol. The third-order valence-corrected chi connectivity index (χ3v) is 4.68. The van der Waals surface area contributed by atoms with E-state index in [2.05, 4.69) is 10.6 Å². The Labute approximate surface area is 152 Å². The lowest BCUT2D eigenvalue weighted by Gasteiger charge is -2.32. The van der Waals surface area contributed by atoms with Crippen molar-refractivity contribution in [2.45, 2.75) is 39.2 Å². The van der Waals surface area contributed by atoms with E-state index in [1.54, 1.807) is 18.2 Å². The normalized spacial score (nSPS) is 15.5. The van der Waals surface area contributed by atoms with Crippen LogP contribution in [0.15, 0.2) is 18.2 Å². The largest absolute Gasteiger partial charge is 0.343 e. The maximum atomic E-state index is 12.1. The van der Waals surface area contributed by atoms with Gasteiger partial charge in [-0.25, -0.2) is 4.79 Å². The first kappa shape index (κ1) is 18.9. The molecule has 2 N–H and O–H groups in total. The van der Waals surface area contributed by atoms with Gasteiger partial charge in [-0.15, -0.1) is 0 Å². The van der Waals surface area contributed by atoms with Crippen molar-refractivity contribution in [3.8, 4) is 0 Å². The summed E-state index contributed by atoms with van der Waals surface area (Å²) in [7, 11) is 0. The Hall–Kier alpha value is -1.46. The molecule has 1 aromatic rings. The Morgan fingerprint density at radius 3 is 2.46 bits per heavy atom. The predicted molar refractivity (Wildman–Crippen MR) is 97.7 cm³/mol. The summed E-state index contributed by atoms with van der Waals surface area (Å²) in [4.78, 5) is 26.0. The number of anilines is 1. The van der Waals surface area contributed by atoms with Gasteiger partial charge in [0.1, 0.15) is 0 Å². The number of piperidine rings is 1. The van der Waals surface area contributed by atoms with Crippen LogP contribution in [0.25, 0.3) is 0 Å². The second-order valence-corrected chi connectivity index (χ2v) is 7.29. The van der Waals surface area contributed by atoms with Crippen LogP contribution < -0.4 is 10.6 Å². The Balaban J connectivity index is 1.77. The molecule has 0 atom stereocenters. The first-order valence-electron chi connectivity index (χ1n) is 8.15. The number of urea groups is 1. The number of halogens is 2. The molecule has 1 aromatic carbocycles. The van der Waals surface area contributed by atoms with E-state index < -0.39 is 0 Å². The lowest BCUT2D eigenvalue weighted by molar-refractivity contribution is -0.133. The zero-order chi connectivity index (χ0) is 17.7. The van der Waals surface area contributed by atoms with Crippen LogP contribution in [0.4, 0.5) is 10.5 Å². The standard InChI is InChI=1S/C17H23Cl2N3O2/c1-11(2)9-16(23)22-7-5-12(6-8-22)20-17(24)21-13-3-4-14(18)15(19)10-13/h3-4,10-12H,5-9H2,1-2H3,(H2,20,21,24). The van der Waals surface area contributed by atoms with Gasteiger partial charge in [0.05, 0.1) is 10.0 Å². The van der Waals surface area contributed by atoms with Gasteiger partial charge >= 0.3 is 6.03 Å². The number of nitrogens with zero attached hydrogens (tertiary/aromatic N) is 1. The number of carbonyl (C=O) groups is 2. The van der Waals surface area contributed by atoms with Crippen molar-refractivity contribution >= 4 is 40.8 Å². The summed E-state index contributed by atoms with van der Waals surface area (Å²) >= 11 is 11.8. The molecule has 7 heteroatoms. The van der Waals surface area contributed by atoms with Gasteiger partial charge in [-0.05, 0) is 37.0 Å². The average molecular weight is 372 g/mol. The highest BCUT2D eigenvalue weighted by atomic mass is 35.5. The van der Waals surface area contributed by atoms with Crippen molar-refractivity contribution in [3.05, 3.63) is 28.2 Å². The molecule has 0 aromatic heterocycles. The van der Waals surface area contributed by atoms with E-state index in [1.165, 1.54) is 0 Å². The summed E-state index contributed by atoms with van der Waals surface area (Å²) in [6.07, 6.45) is 2.10. The fourth-order valence-corrected chi connectivity index (χ4v) is 2.98. The highest BCUT2D eigenvalue weighted by Gasteiger charge is 2.24. The fraction of sp³-hybridized carbons (Fsp3) is 0.529. The Kier molecular flexibility index (Phi) is 6.75. The van der Waals surface area contributed by atoms with Crippen LogP contribution in [-0.2, 0) is 4.79 Å². The fourth-order valence-electron chi connectivity index (χ4n) is 2.68. The second-order valence-electron chi connectivity index (χ2n) is 6.48. The lowest BCUT2D eigenvalue weighted by atomic mass is 10.0. The summed E-state index contributed by atoms with van der Waals surface area (Å²) in [5, 5.41) is 6.52. The molecule has 1 fully saturated rings. The van der Waals surface area contributed by atoms with Crippen LogP contribution >= 0.6 is 23.2 Å². The molecule has 0 unspecified atom stereocenters. The van der Waals surface area contributed by atoms with Crippen molar-refractivity contribution in [3.63, 3.8) is 0 Å². The average Bonchev–Trinajstić information content (AvgIpc) is 2.51. The number of amides is 3. The Morgan fingerprint density at radius 1 is 1.21 bits per heavy atom. The molecule has 0 radical (unpaired) electrons. The summed E-state index contributed by atoms with van der Waals surface area (Å²) < 4.78 is 0. The van der Waals surface area contributed by atoms with Crippen molar-refractivity contribution < 1.29 is 9.59 Å². The van der Waals surface area contributed by atoms with E-state index in [0.717, 1.165) is 12.8 Å². The predicted octanol–water partition coefficient (Wildman–Crippen LogP) is 4.15. The molecule has 1 saturated heterocycles. The van der Waals surface area contributed by atoms with Gasteiger partial charge in [-0.1, -0.05) is 37.0 Å². The van der Waals surface area contributed by atoms with Gasteiger partial charge < -0.3 is 15.5 Å². The van der Waals surface area contributed by atoms with Crippen molar-refractivity contribution in [2.24, 2.45) is 5.92 Å². The molecule has 1 heterocycles. The number of rotatable bonds is 4. The molecule has 24 heavy (non-hydrogen) atoms. The Morgan fingerprint density at radius 2 is 1.88 bits per heavy atom. The first-order chi connectivity index (χ1) is 11.3. The van der Waals surface area contributed by atoms with Gasteiger partial charge in [-0.2, -0.15) is 0 Å². The number of carbonyl (C=O) groups excluding carboxylic acids is 2. The SMILES string of the molecule is CC(C)CC(=O)N1CCC(NC(=O)Nc2ccc(Cl)c(Cl)c2)CC1. The van der Waals surface area contributed by atoms with Gasteiger partial charge in [-0.3, -0.25) is 4.79 Å². The topological polar surface area (TPSA) is 61.4 Å². The van der Waals surface area contributed by atoms with Crippen LogP contribution in [0.3, 0.4) is 0 Å². The van der Waals surface area contributed by atoms with Crippen LogP contribution in [0.2, 0.25) is 10.0 Å². The number of hydrogen-bond donors (Lipinski definition) is 2. The summed E-state index contributed by atoms with van der Waals surface area (Å²) in [5.74, 6) is 0.564. The third-order valence-electron chi connectivity index (χ3n) is 3.94. The van der Waals surface area contributed by atoms with Gasteiger partial charge in [0.15, 0.2) is 0 Å². The molecule has 2 rings (SSSR count). The van der Waals surface area contributed by atoms with Crippen LogP contribution in [0.1, 0.15) is 33.1 Å². The van der Waals surface area contributed by atoms with E-state index in [1.807, 2.05) is 18.7 Å². The minimum absolute atomic E-state index is 0.0656. The van der Waals surface area contributed by atoms with E-state index in [-0.39, 0.29) is 18.0 Å². The summed E-state index contributed by atoms with van der Waals surface area (Å²) in [6, 6.07) is 4.73. The van der Waals surface area contributed by atoms with E-state index in [9.17, 15) is 9.59 Å². The van der Waals surface area contributed by atoms with Crippen molar-refractivity contribution in [1.29, 1.82) is 0 Å². The number of hydrogen-bond acceptors (Lipinski definition) is 2. The second kappa shape index (κ2) is 8.58. The number of benzene rings is 1. The van der Waals surface area contributed by atoms with E-state index in [4.69, 9.17) is 23.2 Å². The van der Waals surface area contributed by atoms with Crippen molar-refractivity contribution in [1.82, 2.24) is 10.2 Å². The quantitative estimate of drug-likeness (QED) is 0.834. The van der Waals surface area contributed by atoms with E-state index >= 15 is 0 Å². The molecule has 0 spiro atoms. The molecule has 5 nitrogen and oxygen atoms in total. The van der Waals surface area contributed by atoms with Crippen LogP contribution in [0.5, 0.6) is 0 Å². The first-order valence-corrected chi connectivity index (χ1v) is 8.91. The highest BCUT2D eigenvalue weighted by Crippen LogP contribution is 2.25. The zero-order valence-electron chi connectivity index (χ0n) is 13.9. The van der Waals surface area contributed by atoms with Gasteiger partial charge in [0, 0.05) is 31.2 Å². The Bertz CT molecular complexity index is 599.